The van der Waals surface area contributed by atoms with Crippen LogP contribution in [0.15, 0.2) is 42.8 Å². The van der Waals surface area contributed by atoms with Crippen LogP contribution in [-0.4, -0.2) is 30.2 Å². The predicted molar refractivity (Wildman–Crippen MR) is 83.1 cm³/mol. The molecule has 110 valence electrons. The number of allylic oxidation sites excluding steroid dienone is 1. The summed E-state index contributed by atoms with van der Waals surface area (Å²) < 4.78 is 0. The van der Waals surface area contributed by atoms with Gasteiger partial charge in [-0.2, -0.15) is 0 Å². The van der Waals surface area contributed by atoms with E-state index >= 15 is 0 Å². The first-order valence-electron chi connectivity index (χ1n) is 6.91. The van der Waals surface area contributed by atoms with E-state index in [1.54, 1.807) is 24.1 Å². The minimum atomic E-state index is -0.165. The fourth-order valence-electron chi connectivity index (χ4n) is 2.64. The number of hydrogen-bond acceptors (Lipinski definition) is 3. The third-order valence-electron chi connectivity index (χ3n) is 3.92. The minimum Gasteiger partial charge on any atom is -0.362 e. The van der Waals surface area contributed by atoms with Crippen molar-refractivity contribution in [2.24, 2.45) is 0 Å². The number of carbonyl (C=O) groups is 2. The van der Waals surface area contributed by atoms with Gasteiger partial charge in [-0.25, -0.2) is 0 Å². The number of likely N-dealkylation sites (N-methyl/N-ethyl adjacent to an activating group) is 1. The van der Waals surface area contributed by atoms with Crippen molar-refractivity contribution < 1.29 is 9.59 Å². The third kappa shape index (κ3) is 2.89. The van der Waals surface area contributed by atoms with E-state index in [1.807, 2.05) is 13.0 Å². The molecule has 1 saturated heterocycles. The molecule has 1 fully saturated rings. The average molecular weight is 284 g/mol. The van der Waals surface area contributed by atoms with Gasteiger partial charge in [0.1, 0.15) is 0 Å². The molecule has 0 radical (unpaired) electrons. The zero-order chi connectivity index (χ0) is 15.6. The van der Waals surface area contributed by atoms with Crippen molar-refractivity contribution in [3.8, 4) is 0 Å². The summed E-state index contributed by atoms with van der Waals surface area (Å²) in [7, 11) is 1.74. The van der Waals surface area contributed by atoms with Crippen LogP contribution in [0.25, 0.3) is 0 Å². The quantitative estimate of drug-likeness (QED) is 0.868. The molecule has 21 heavy (non-hydrogen) atoms. The van der Waals surface area contributed by atoms with Gasteiger partial charge in [0.25, 0.3) is 5.91 Å². The second-order valence-corrected chi connectivity index (χ2v) is 5.38. The molecule has 4 heteroatoms. The van der Waals surface area contributed by atoms with E-state index in [2.05, 4.69) is 18.5 Å². The van der Waals surface area contributed by atoms with Crippen molar-refractivity contribution in [3.63, 3.8) is 0 Å². The van der Waals surface area contributed by atoms with Gasteiger partial charge in [0.15, 0.2) is 6.29 Å². The van der Waals surface area contributed by atoms with E-state index in [9.17, 15) is 9.59 Å². The van der Waals surface area contributed by atoms with Crippen molar-refractivity contribution in [2.45, 2.75) is 25.8 Å². The summed E-state index contributed by atoms with van der Waals surface area (Å²) in [5, 5.41) is 3.10. The number of benzene rings is 1. The molecular weight excluding hydrogens is 264 g/mol. The molecule has 1 aliphatic heterocycles. The molecule has 1 N–H and O–H groups in total. The number of aldehydes is 1. The monoisotopic (exact) mass is 284 g/mol. The van der Waals surface area contributed by atoms with E-state index in [0.29, 0.717) is 11.1 Å². The van der Waals surface area contributed by atoms with E-state index in [-0.39, 0.29) is 11.9 Å². The maximum Gasteiger partial charge on any atom is 0.254 e. The Morgan fingerprint density at radius 3 is 2.76 bits per heavy atom. The zero-order valence-corrected chi connectivity index (χ0v) is 12.5. The summed E-state index contributed by atoms with van der Waals surface area (Å²) in [5.74, 6) is -0.165. The summed E-state index contributed by atoms with van der Waals surface area (Å²) in [5.41, 5.74) is 3.37. The van der Waals surface area contributed by atoms with E-state index in [1.165, 1.54) is 0 Å². The number of aryl methyl sites for hydroxylation is 1. The molecule has 1 atom stereocenters. The van der Waals surface area contributed by atoms with Crippen LogP contribution in [-0.2, 0) is 0 Å². The normalized spacial score (nSPS) is 18.1. The Hall–Kier alpha value is -2.36. The number of carbonyl (C=O) groups excluding carboxylic acids is 2. The van der Waals surface area contributed by atoms with Crippen LogP contribution < -0.4 is 5.32 Å². The van der Waals surface area contributed by atoms with Gasteiger partial charge in [0.05, 0.1) is 11.6 Å². The molecule has 1 aromatic rings. The number of nitrogens with zero attached hydrogens (tertiary/aromatic N) is 1. The zero-order valence-electron chi connectivity index (χ0n) is 12.5. The maximum atomic E-state index is 12.7. The van der Waals surface area contributed by atoms with Crippen molar-refractivity contribution in [1.29, 1.82) is 0 Å². The SMILES string of the molecule is C=C1CCC(N(C)C(=O)c2cccc(C)c2C=O)C(=C)N1. The van der Waals surface area contributed by atoms with E-state index in [0.717, 1.165) is 36.1 Å². The summed E-state index contributed by atoms with van der Waals surface area (Å²) in [6, 6.07) is 5.21. The number of amides is 1. The topological polar surface area (TPSA) is 49.4 Å². The molecule has 4 nitrogen and oxygen atoms in total. The largest absolute Gasteiger partial charge is 0.362 e. The molecule has 1 aliphatic rings. The highest BCUT2D eigenvalue weighted by atomic mass is 16.2. The van der Waals surface area contributed by atoms with Gasteiger partial charge < -0.3 is 10.2 Å². The Bertz CT molecular complexity index is 619. The Labute approximate surface area is 125 Å². The van der Waals surface area contributed by atoms with Gasteiger partial charge in [-0.3, -0.25) is 9.59 Å². The lowest BCUT2D eigenvalue weighted by Crippen LogP contribution is -2.44. The number of hydrogen-bond donors (Lipinski definition) is 1. The molecular formula is C17H20N2O2. The van der Waals surface area contributed by atoms with Crippen LogP contribution in [0, 0.1) is 6.92 Å². The van der Waals surface area contributed by atoms with Crippen LogP contribution >= 0.6 is 0 Å². The summed E-state index contributed by atoms with van der Waals surface area (Å²) in [4.78, 5) is 25.6. The van der Waals surface area contributed by atoms with Crippen LogP contribution in [0.5, 0.6) is 0 Å². The molecule has 0 aromatic heterocycles. The molecule has 0 saturated carbocycles. The molecule has 2 rings (SSSR count). The lowest BCUT2D eigenvalue weighted by Gasteiger charge is -2.35. The highest BCUT2D eigenvalue weighted by Crippen LogP contribution is 2.23. The number of rotatable bonds is 3. The average Bonchev–Trinajstić information content (AvgIpc) is 2.45. The molecule has 0 spiro atoms. The Balaban J connectivity index is 2.28. The van der Waals surface area contributed by atoms with Gasteiger partial charge in [-0.15, -0.1) is 0 Å². The van der Waals surface area contributed by atoms with Gasteiger partial charge in [0, 0.05) is 24.0 Å². The first kappa shape index (κ1) is 15.0. The van der Waals surface area contributed by atoms with Crippen molar-refractivity contribution >= 4 is 12.2 Å². The van der Waals surface area contributed by atoms with E-state index < -0.39 is 0 Å². The van der Waals surface area contributed by atoms with Gasteiger partial charge in [0.2, 0.25) is 0 Å². The second-order valence-electron chi connectivity index (χ2n) is 5.38. The van der Waals surface area contributed by atoms with Crippen LogP contribution in [0.2, 0.25) is 0 Å². The highest BCUT2D eigenvalue weighted by molar-refractivity contribution is 6.02. The number of piperidine rings is 1. The Kier molecular flexibility index (Phi) is 4.26. The lowest BCUT2D eigenvalue weighted by molar-refractivity contribution is 0.0736. The van der Waals surface area contributed by atoms with Crippen LogP contribution in [0.4, 0.5) is 0 Å². The molecule has 1 aromatic carbocycles. The summed E-state index contributed by atoms with van der Waals surface area (Å²) in [6.07, 6.45) is 2.33. The van der Waals surface area contributed by atoms with Gasteiger partial charge in [-0.05, 0) is 31.4 Å². The van der Waals surface area contributed by atoms with Crippen molar-refractivity contribution in [1.82, 2.24) is 10.2 Å². The Morgan fingerprint density at radius 1 is 1.43 bits per heavy atom. The van der Waals surface area contributed by atoms with Crippen molar-refractivity contribution in [2.75, 3.05) is 7.05 Å². The van der Waals surface area contributed by atoms with Crippen LogP contribution in [0.1, 0.15) is 39.1 Å². The standard InChI is InChI=1S/C17H20N2O2/c1-11-6-5-7-14(15(11)10-20)17(21)19(4)16-9-8-12(2)18-13(16)3/h5-7,10,16,18H,2-3,8-9H2,1,4H3. The first-order valence-corrected chi connectivity index (χ1v) is 6.91. The summed E-state index contributed by atoms with van der Waals surface area (Å²) >= 11 is 0. The molecule has 1 heterocycles. The Morgan fingerprint density at radius 2 is 2.14 bits per heavy atom. The minimum absolute atomic E-state index is 0.0944. The lowest BCUT2D eigenvalue weighted by atomic mass is 9.98. The summed E-state index contributed by atoms with van der Waals surface area (Å²) in [6.45, 7) is 9.67. The van der Waals surface area contributed by atoms with E-state index in [4.69, 9.17) is 0 Å². The fourth-order valence-corrected chi connectivity index (χ4v) is 2.64. The molecule has 1 unspecified atom stereocenters. The van der Waals surface area contributed by atoms with Gasteiger partial charge >= 0.3 is 0 Å². The third-order valence-corrected chi connectivity index (χ3v) is 3.92. The molecule has 0 aliphatic carbocycles. The first-order chi connectivity index (χ1) is 9.95. The smallest absolute Gasteiger partial charge is 0.254 e. The number of nitrogens with one attached hydrogen (secondary N) is 1. The molecule has 1 amide bonds. The predicted octanol–water partition coefficient (Wildman–Crippen LogP) is 2.66. The molecule has 0 bridgehead atoms. The highest BCUT2D eigenvalue weighted by Gasteiger charge is 2.28. The van der Waals surface area contributed by atoms with Gasteiger partial charge in [-0.1, -0.05) is 25.3 Å². The van der Waals surface area contributed by atoms with Crippen molar-refractivity contribution in [3.05, 3.63) is 59.4 Å². The fraction of sp³-hybridized carbons (Fsp3) is 0.294. The maximum absolute atomic E-state index is 12.7. The second kappa shape index (κ2) is 5.95. The van der Waals surface area contributed by atoms with Crippen LogP contribution in [0.3, 0.4) is 0 Å².